The highest BCUT2D eigenvalue weighted by atomic mass is 19.3. The first-order valence-corrected chi connectivity index (χ1v) is 5.48. The first kappa shape index (κ1) is 13.1. The fourth-order valence-electron chi connectivity index (χ4n) is 1.87. The molecule has 2 rings (SSSR count). The highest BCUT2D eigenvalue weighted by Gasteiger charge is 2.21. The van der Waals surface area contributed by atoms with Gasteiger partial charge in [0, 0.05) is 12.4 Å². The molecule has 0 radical (unpaired) electrons. The number of hydrogen-bond donors (Lipinski definition) is 1. The smallest absolute Gasteiger partial charge is 0.358 e. The molecule has 0 aliphatic heterocycles. The van der Waals surface area contributed by atoms with E-state index in [0.29, 0.717) is 10.9 Å². The van der Waals surface area contributed by atoms with Gasteiger partial charge in [0.15, 0.2) is 5.69 Å². The number of benzene rings is 1. The molecule has 19 heavy (non-hydrogen) atoms. The van der Waals surface area contributed by atoms with E-state index < -0.39 is 18.9 Å². The van der Waals surface area contributed by atoms with Crippen molar-refractivity contribution in [2.75, 3.05) is 18.5 Å². The Labute approximate surface area is 107 Å². The molecule has 0 atom stereocenters. The number of rotatable bonds is 4. The number of hydrogen-bond acceptors (Lipinski definition) is 4. The van der Waals surface area contributed by atoms with E-state index in [1.165, 1.54) is 11.9 Å². The lowest BCUT2D eigenvalue weighted by Gasteiger charge is -2.21. The van der Waals surface area contributed by atoms with Gasteiger partial charge in [0.2, 0.25) is 0 Å². The Morgan fingerprint density at radius 2 is 2.05 bits per heavy atom. The van der Waals surface area contributed by atoms with Crippen molar-refractivity contribution in [3.05, 3.63) is 30.0 Å². The summed E-state index contributed by atoms with van der Waals surface area (Å²) < 4.78 is 25.0. The number of aromatic nitrogens is 2. The minimum Gasteiger partial charge on any atom is -0.476 e. The van der Waals surface area contributed by atoms with Crippen LogP contribution in [0.3, 0.4) is 0 Å². The van der Waals surface area contributed by atoms with Gasteiger partial charge in [-0.2, -0.15) is 0 Å². The van der Waals surface area contributed by atoms with Gasteiger partial charge in [0.1, 0.15) is 0 Å². The van der Waals surface area contributed by atoms with Crippen molar-refractivity contribution in [2.45, 2.75) is 6.43 Å². The molecule has 0 aliphatic rings. The Hall–Kier alpha value is -2.31. The van der Waals surface area contributed by atoms with Gasteiger partial charge in [0.05, 0.1) is 17.7 Å². The average Bonchev–Trinajstić information content (AvgIpc) is 2.36. The Kier molecular flexibility index (Phi) is 3.55. The van der Waals surface area contributed by atoms with Gasteiger partial charge in [-0.3, -0.25) is 0 Å². The van der Waals surface area contributed by atoms with Crippen molar-refractivity contribution in [2.24, 2.45) is 0 Å². The summed E-state index contributed by atoms with van der Waals surface area (Å²) in [4.78, 5) is 12.3. The normalized spacial score (nSPS) is 10.9. The van der Waals surface area contributed by atoms with Crippen LogP contribution in [0.25, 0.3) is 10.9 Å². The number of carbonyl (C=O) groups is 1. The fourth-order valence-corrected chi connectivity index (χ4v) is 1.87. The number of nitrogens with zero attached hydrogens (tertiary/aromatic N) is 3. The van der Waals surface area contributed by atoms with Gasteiger partial charge >= 0.3 is 5.97 Å². The summed E-state index contributed by atoms with van der Waals surface area (Å²) >= 11 is 0. The van der Waals surface area contributed by atoms with E-state index in [1.54, 1.807) is 24.3 Å². The molecule has 0 fully saturated rings. The van der Waals surface area contributed by atoms with Gasteiger partial charge in [-0.25, -0.2) is 13.6 Å². The Balaban J connectivity index is 2.65. The highest BCUT2D eigenvalue weighted by Crippen LogP contribution is 2.27. The van der Waals surface area contributed by atoms with E-state index in [-0.39, 0.29) is 11.4 Å². The molecule has 0 spiro atoms. The summed E-state index contributed by atoms with van der Waals surface area (Å²) in [6.07, 6.45) is -2.57. The quantitative estimate of drug-likeness (QED) is 0.918. The van der Waals surface area contributed by atoms with Crippen LogP contribution in [0.5, 0.6) is 0 Å². The van der Waals surface area contributed by atoms with Crippen molar-refractivity contribution in [3.63, 3.8) is 0 Å². The maximum Gasteiger partial charge on any atom is 0.358 e. The van der Waals surface area contributed by atoms with Gasteiger partial charge in [-0.15, -0.1) is 10.2 Å². The lowest BCUT2D eigenvalue weighted by Crippen LogP contribution is -2.27. The van der Waals surface area contributed by atoms with Crippen molar-refractivity contribution in [3.8, 4) is 0 Å². The zero-order valence-electron chi connectivity index (χ0n) is 10.0. The van der Waals surface area contributed by atoms with Crippen LogP contribution in [0.2, 0.25) is 0 Å². The van der Waals surface area contributed by atoms with Crippen LogP contribution in [0, 0.1) is 0 Å². The molecule has 0 aliphatic carbocycles. The number of aromatic carboxylic acids is 1. The second kappa shape index (κ2) is 5.13. The maximum absolute atomic E-state index is 12.5. The standard InChI is InChI=1S/C12H11F2N3O2/c1-17(6-9(13)14)11-7-4-2-3-5-8(7)15-16-10(11)12(18)19/h2-5,9H,6H2,1H3,(H,18,19). The molecule has 2 aromatic rings. The van der Waals surface area contributed by atoms with Crippen molar-refractivity contribution < 1.29 is 18.7 Å². The number of fused-ring (bicyclic) bond motifs is 1. The van der Waals surface area contributed by atoms with E-state index in [1.807, 2.05) is 0 Å². The molecular formula is C12H11F2N3O2. The van der Waals surface area contributed by atoms with Gasteiger partial charge in [-0.1, -0.05) is 18.2 Å². The SMILES string of the molecule is CN(CC(F)F)c1c(C(=O)O)nnc2ccccc12. The zero-order valence-corrected chi connectivity index (χ0v) is 10.0. The first-order chi connectivity index (χ1) is 9.00. The van der Waals surface area contributed by atoms with E-state index in [9.17, 15) is 13.6 Å². The van der Waals surface area contributed by atoms with Crippen molar-refractivity contribution >= 4 is 22.6 Å². The average molecular weight is 267 g/mol. The summed E-state index contributed by atoms with van der Waals surface area (Å²) in [5, 5.41) is 17.0. The molecule has 0 bridgehead atoms. The van der Waals surface area contributed by atoms with Crippen molar-refractivity contribution in [1.82, 2.24) is 10.2 Å². The lowest BCUT2D eigenvalue weighted by molar-refractivity contribution is 0.0689. The first-order valence-electron chi connectivity index (χ1n) is 5.48. The number of alkyl halides is 2. The molecule has 1 aromatic carbocycles. The minimum absolute atomic E-state index is 0.151. The topological polar surface area (TPSA) is 66.3 Å². The summed E-state index contributed by atoms with van der Waals surface area (Å²) in [6.45, 7) is -0.573. The summed E-state index contributed by atoms with van der Waals surface area (Å²) in [5.41, 5.74) is 0.281. The third-order valence-electron chi connectivity index (χ3n) is 2.64. The molecule has 0 saturated heterocycles. The van der Waals surface area contributed by atoms with Gasteiger partial charge < -0.3 is 10.0 Å². The van der Waals surface area contributed by atoms with Crippen LogP contribution < -0.4 is 4.90 Å². The number of carboxylic acid groups (broad SMARTS) is 1. The summed E-state index contributed by atoms with van der Waals surface area (Å²) in [5.74, 6) is -1.30. The second-order valence-corrected chi connectivity index (χ2v) is 3.99. The Morgan fingerprint density at radius 3 is 2.68 bits per heavy atom. The van der Waals surface area contributed by atoms with E-state index in [2.05, 4.69) is 10.2 Å². The molecule has 7 heteroatoms. The molecule has 1 heterocycles. The molecule has 0 saturated carbocycles. The number of halogens is 2. The second-order valence-electron chi connectivity index (χ2n) is 3.99. The van der Waals surface area contributed by atoms with Gasteiger partial charge in [0.25, 0.3) is 6.43 Å². The molecule has 100 valence electrons. The van der Waals surface area contributed by atoms with Crippen LogP contribution >= 0.6 is 0 Å². The van der Waals surface area contributed by atoms with Crippen LogP contribution in [0.1, 0.15) is 10.5 Å². The molecule has 5 nitrogen and oxygen atoms in total. The molecule has 0 unspecified atom stereocenters. The molecule has 1 aromatic heterocycles. The zero-order chi connectivity index (χ0) is 14.0. The van der Waals surface area contributed by atoms with Crippen LogP contribution in [0.15, 0.2) is 24.3 Å². The fraction of sp³-hybridized carbons (Fsp3) is 0.250. The number of anilines is 1. The molecule has 0 amide bonds. The Morgan fingerprint density at radius 1 is 1.37 bits per heavy atom. The maximum atomic E-state index is 12.5. The minimum atomic E-state index is -2.57. The largest absolute Gasteiger partial charge is 0.476 e. The third-order valence-corrected chi connectivity index (χ3v) is 2.64. The van der Waals surface area contributed by atoms with E-state index in [4.69, 9.17) is 5.11 Å². The van der Waals surface area contributed by atoms with Crippen molar-refractivity contribution in [1.29, 1.82) is 0 Å². The summed E-state index contributed by atoms with van der Waals surface area (Å²) in [7, 11) is 1.40. The molecule has 1 N–H and O–H groups in total. The van der Waals surface area contributed by atoms with Crippen LogP contribution in [-0.4, -0.2) is 41.3 Å². The third kappa shape index (κ3) is 2.59. The predicted molar refractivity (Wildman–Crippen MR) is 65.8 cm³/mol. The van der Waals surface area contributed by atoms with Crippen LogP contribution in [0.4, 0.5) is 14.5 Å². The van der Waals surface area contributed by atoms with Gasteiger partial charge in [-0.05, 0) is 6.07 Å². The van der Waals surface area contributed by atoms with E-state index in [0.717, 1.165) is 0 Å². The predicted octanol–water partition coefficient (Wildman–Crippen LogP) is 2.03. The highest BCUT2D eigenvalue weighted by molar-refractivity contribution is 6.02. The lowest BCUT2D eigenvalue weighted by atomic mass is 10.1. The summed E-state index contributed by atoms with van der Waals surface area (Å²) in [6, 6.07) is 6.69. The van der Waals surface area contributed by atoms with Crippen LogP contribution in [-0.2, 0) is 0 Å². The Bertz CT molecular complexity index is 619. The number of carboxylic acids is 1. The van der Waals surface area contributed by atoms with E-state index >= 15 is 0 Å². The molecular weight excluding hydrogens is 256 g/mol. The monoisotopic (exact) mass is 267 g/mol.